The zero-order chi connectivity index (χ0) is 12.5. The van der Waals surface area contributed by atoms with E-state index in [1.807, 2.05) is 6.07 Å². The quantitative estimate of drug-likeness (QED) is 0.718. The van der Waals surface area contributed by atoms with Crippen LogP contribution in [0.5, 0.6) is 0 Å². The number of rotatable bonds is 1. The van der Waals surface area contributed by atoms with Gasteiger partial charge in [-0.25, -0.2) is 9.97 Å². The Morgan fingerprint density at radius 2 is 2.17 bits per heavy atom. The van der Waals surface area contributed by atoms with Crippen molar-refractivity contribution in [3.05, 3.63) is 35.5 Å². The maximum atomic E-state index is 9.24. The van der Waals surface area contributed by atoms with E-state index in [2.05, 4.69) is 21.0 Å². The molecule has 0 saturated carbocycles. The fourth-order valence-electron chi connectivity index (χ4n) is 1.71. The molecular weight excluding hydrogens is 246 g/mol. The third-order valence-corrected chi connectivity index (χ3v) is 3.39. The normalized spacial score (nSPS) is 10.4. The van der Waals surface area contributed by atoms with Crippen LogP contribution in [0, 0.1) is 11.3 Å². The van der Waals surface area contributed by atoms with E-state index >= 15 is 0 Å². The molecule has 3 aromatic heterocycles. The molecule has 18 heavy (non-hydrogen) atoms. The Bertz CT molecular complexity index is 757. The summed E-state index contributed by atoms with van der Waals surface area (Å²) in [4.78, 5) is 12.7. The van der Waals surface area contributed by atoms with Gasteiger partial charge in [0.05, 0.1) is 21.6 Å². The molecule has 86 valence electrons. The summed E-state index contributed by atoms with van der Waals surface area (Å²) >= 11 is 1.38. The summed E-state index contributed by atoms with van der Waals surface area (Å²) in [7, 11) is 0. The number of hydrogen-bond acceptors (Lipinski definition) is 6. The minimum absolute atomic E-state index is 0.352. The lowest BCUT2D eigenvalue weighted by molar-refractivity contribution is 1.25. The molecule has 3 heterocycles. The number of anilines is 1. The van der Waals surface area contributed by atoms with Gasteiger partial charge >= 0.3 is 0 Å². The summed E-state index contributed by atoms with van der Waals surface area (Å²) in [6, 6.07) is 7.53. The van der Waals surface area contributed by atoms with E-state index in [4.69, 9.17) is 5.73 Å². The molecule has 0 saturated heterocycles. The zero-order valence-corrected chi connectivity index (χ0v) is 9.98. The molecule has 0 unspecified atom stereocenters. The Morgan fingerprint density at radius 1 is 1.28 bits per heavy atom. The number of fused-ring (bicyclic) bond motifs is 1. The number of thiazole rings is 1. The number of nitriles is 1. The van der Waals surface area contributed by atoms with Crippen LogP contribution in [-0.4, -0.2) is 15.0 Å². The summed E-state index contributed by atoms with van der Waals surface area (Å²) in [5.41, 5.74) is 10.1. The van der Waals surface area contributed by atoms with Gasteiger partial charge in [0, 0.05) is 6.20 Å². The highest BCUT2D eigenvalue weighted by atomic mass is 32.1. The minimum Gasteiger partial charge on any atom is -0.396 e. The molecule has 0 spiro atoms. The summed E-state index contributed by atoms with van der Waals surface area (Å²) in [6.07, 6.45) is 1.65. The van der Waals surface area contributed by atoms with Crippen LogP contribution < -0.4 is 5.73 Å². The lowest BCUT2D eigenvalue weighted by Gasteiger charge is -2.05. The first-order valence-electron chi connectivity index (χ1n) is 5.15. The molecule has 0 aromatic carbocycles. The van der Waals surface area contributed by atoms with Gasteiger partial charge in [-0.15, -0.1) is 11.3 Å². The highest BCUT2D eigenvalue weighted by Gasteiger charge is 2.16. The summed E-state index contributed by atoms with van der Waals surface area (Å²) in [5, 5.41) is 9.24. The van der Waals surface area contributed by atoms with E-state index in [9.17, 15) is 5.26 Å². The van der Waals surface area contributed by atoms with Gasteiger partial charge in [0.25, 0.3) is 0 Å². The molecule has 0 amide bonds. The van der Waals surface area contributed by atoms with Crippen molar-refractivity contribution in [2.24, 2.45) is 0 Å². The molecule has 0 fully saturated rings. The highest BCUT2D eigenvalue weighted by molar-refractivity contribution is 7.17. The molecule has 3 aromatic rings. The van der Waals surface area contributed by atoms with Gasteiger partial charge in [-0.2, -0.15) is 5.26 Å². The van der Waals surface area contributed by atoms with E-state index in [0.29, 0.717) is 28.3 Å². The largest absolute Gasteiger partial charge is 0.396 e. The molecule has 6 heteroatoms. The van der Waals surface area contributed by atoms with Crippen LogP contribution >= 0.6 is 11.3 Å². The lowest BCUT2D eigenvalue weighted by atomic mass is 10.1. The minimum atomic E-state index is 0.352. The first kappa shape index (κ1) is 10.6. The van der Waals surface area contributed by atoms with Gasteiger partial charge in [0.1, 0.15) is 17.3 Å². The Morgan fingerprint density at radius 3 is 2.89 bits per heavy atom. The fourth-order valence-corrected chi connectivity index (χ4v) is 2.40. The van der Waals surface area contributed by atoms with Crippen molar-refractivity contribution in [1.82, 2.24) is 15.0 Å². The topological polar surface area (TPSA) is 88.5 Å². The second-order valence-corrected chi connectivity index (χ2v) is 4.44. The van der Waals surface area contributed by atoms with Crippen molar-refractivity contribution < 1.29 is 0 Å². The van der Waals surface area contributed by atoms with Crippen LogP contribution in [0.4, 0.5) is 5.69 Å². The number of aromatic nitrogens is 3. The number of nitrogens with zero attached hydrogens (tertiary/aromatic N) is 4. The average molecular weight is 253 g/mol. The van der Waals surface area contributed by atoms with E-state index in [1.54, 1.807) is 23.8 Å². The third kappa shape index (κ3) is 1.49. The molecule has 0 bridgehead atoms. The molecule has 5 nitrogen and oxygen atoms in total. The Hall–Kier alpha value is -2.52. The number of pyridine rings is 2. The molecule has 0 radical (unpaired) electrons. The van der Waals surface area contributed by atoms with E-state index in [1.165, 1.54) is 11.3 Å². The molecular formula is C12H7N5S. The van der Waals surface area contributed by atoms with E-state index in [0.717, 1.165) is 4.70 Å². The van der Waals surface area contributed by atoms with E-state index in [-0.39, 0.29) is 0 Å². The van der Waals surface area contributed by atoms with Gasteiger partial charge in [-0.3, -0.25) is 4.98 Å². The molecule has 0 atom stereocenters. The van der Waals surface area contributed by atoms with Gasteiger partial charge in [0.15, 0.2) is 5.65 Å². The fraction of sp³-hybridized carbons (Fsp3) is 0. The second-order valence-electron chi connectivity index (χ2n) is 3.58. The maximum Gasteiger partial charge on any atom is 0.173 e. The summed E-state index contributed by atoms with van der Waals surface area (Å²) < 4.78 is 0.742. The van der Waals surface area contributed by atoms with Crippen LogP contribution in [0.3, 0.4) is 0 Å². The molecule has 2 N–H and O–H groups in total. The van der Waals surface area contributed by atoms with Crippen molar-refractivity contribution >= 4 is 27.4 Å². The van der Waals surface area contributed by atoms with Crippen LogP contribution in [-0.2, 0) is 0 Å². The number of nitrogen functional groups attached to an aromatic ring is 1. The highest BCUT2D eigenvalue weighted by Crippen LogP contribution is 2.32. The van der Waals surface area contributed by atoms with Crippen LogP contribution in [0.25, 0.3) is 21.7 Å². The van der Waals surface area contributed by atoms with Gasteiger partial charge in [-0.1, -0.05) is 6.07 Å². The maximum absolute atomic E-state index is 9.24. The first-order valence-corrected chi connectivity index (χ1v) is 6.03. The van der Waals surface area contributed by atoms with Crippen molar-refractivity contribution in [3.8, 4) is 17.5 Å². The molecule has 0 aliphatic rings. The van der Waals surface area contributed by atoms with Crippen molar-refractivity contribution in [2.45, 2.75) is 0 Å². The van der Waals surface area contributed by atoms with Crippen molar-refractivity contribution in [3.63, 3.8) is 0 Å². The Balaban J connectivity index is 2.39. The summed E-state index contributed by atoms with van der Waals surface area (Å²) in [6.45, 7) is 0. The zero-order valence-electron chi connectivity index (χ0n) is 9.16. The van der Waals surface area contributed by atoms with Crippen LogP contribution in [0.15, 0.2) is 29.9 Å². The SMILES string of the molecule is N#Cc1c(-c2ccccn2)nc2ncsc2c1N. The van der Waals surface area contributed by atoms with Gasteiger partial charge < -0.3 is 5.73 Å². The number of nitrogens with two attached hydrogens (primary N) is 1. The van der Waals surface area contributed by atoms with E-state index < -0.39 is 0 Å². The van der Waals surface area contributed by atoms with Crippen LogP contribution in [0.1, 0.15) is 5.56 Å². The monoisotopic (exact) mass is 253 g/mol. The van der Waals surface area contributed by atoms with Gasteiger partial charge in [0.2, 0.25) is 0 Å². The first-order chi connectivity index (χ1) is 8.81. The predicted octanol–water partition coefficient (Wildman–Crippen LogP) is 2.21. The summed E-state index contributed by atoms with van der Waals surface area (Å²) in [5.74, 6) is 0. The van der Waals surface area contributed by atoms with Crippen molar-refractivity contribution in [2.75, 3.05) is 5.73 Å². The standard InChI is InChI=1S/C12H7N5S/c13-5-7-9(14)11-12(16-6-18-11)17-10(7)8-3-1-2-4-15-8/h1-4,6H,(H2,14,17). The third-order valence-electron chi connectivity index (χ3n) is 2.54. The van der Waals surface area contributed by atoms with Crippen molar-refractivity contribution in [1.29, 1.82) is 5.26 Å². The molecule has 0 aliphatic carbocycles. The molecule has 0 aliphatic heterocycles. The predicted molar refractivity (Wildman–Crippen MR) is 69.8 cm³/mol. The number of hydrogen-bond donors (Lipinski definition) is 1. The smallest absolute Gasteiger partial charge is 0.173 e. The average Bonchev–Trinajstić information content (AvgIpc) is 2.88. The Labute approximate surface area is 107 Å². The Kier molecular flexibility index (Phi) is 2.39. The van der Waals surface area contributed by atoms with Crippen LogP contribution in [0.2, 0.25) is 0 Å². The second kappa shape index (κ2) is 4.05. The van der Waals surface area contributed by atoms with Gasteiger partial charge in [-0.05, 0) is 12.1 Å². The molecule has 3 rings (SSSR count). The lowest BCUT2D eigenvalue weighted by Crippen LogP contribution is -1.98.